The van der Waals surface area contributed by atoms with E-state index in [0.29, 0.717) is 12.8 Å². The number of aliphatic carboxylic acids is 2. The molecule has 1 aliphatic rings. The maximum absolute atomic E-state index is 13.4. The molecule has 1 rings (SSSR count). The first-order chi connectivity index (χ1) is 9.85. The number of hydrogen-bond donors (Lipinski definition) is 3. The highest BCUT2D eigenvalue weighted by molar-refractivity contribution is 7.64. The zero-order chi connectivity index (χ0) is 17.2. The van der Waals surface area contributed by atoms with Gasteiger partial charge in [0.1, 0.15) is 0 Å². The lowest BCUT2D eigenvalue weighted by Gasteiger charge is -2.48. The Balaban J connectivity index is 3.00. The summed E-state index contributed by atoms with van der Waals surface area (Å²) in [4.78, 5) is 21.7. The molecule has 1 aliphatic heterocycles. The fraction of sp³-hybridized carbons (Fsp3) is 0.867. The van der Waals surface area contributed by atoms with Crippen LogP contribution in [-0.4, -0.2) is 51.2 Å². The monoisotopic (exact) mass is 333 g/mol. The van der Waals surface area contributed by atoms with Crippen molar-refractivity contribution in [1.29, 1.82) is 0 Å². The maximum atomic E-state index is 13.4. The van der Waals surface area contributed by atoms with Crippen LogP contribution in [0.25, 0.3) is 0 Å². The van der Waals surface area contributed by atoms with Gasteiger partial charge in [0.25, 0.3) is 0 Å². The van der Waals surface area contributed by atoms with Crippen molar-refractivity contribution >= 4 is 19.1 Å². The first-order valence-corrected chi connectivity index (χ1v) is 9.81. The van der Waals surface area contributed by atoms with Crippen molar-refractivity contribution in [3.8, 4) is 0 Å². The molecule has 0 bridgehead atoms. The number of carboxylic acids is 2. The maximum Gasteiger partial charge on any atom is 0.303 e. The minimum Gasteiger partial charge on any atom is -0.481 e. The first kappa shape index (κ1) is 19.2. The largest absolute Gasteiger partial charge is 0.481 e. The van der Waals surface area contributed by atoms with Crippen LogP contribution >= 0.6 is 7.14 Å². The molecule has 0 aromatic heterocycles. The normalized spacial score (nSPS) is 21.5. The van der Waals surface area contributed by atoms with Gasteiger partial charge in [-0.25, -0.2) is 0 Å². The van der Waals surface area contributed by atoms with Crippen molar-refractivity contribution in [1.82, 2.24) is 5.32 Å². The fourth-order valence-corrected chi connectivity index (χ4v) is 7.32. The predicted octanol–water partition coefficient (Wildman–Crippen LogP) is 2.61. The second-order valence-electron chi connectivity index (χ2n) is 7.64. The second kappa shape index (κ2) is 6.71. The Hall–Kier alpha value is -0.870. The summed E-state index contributed by atoms with van der Waals surface area (Å²) >= 11 is 0. The van der Waals surface area contributed by atoms with Crippen LogP contribution in [0.4, 0.5) is 0 Å². The zero-order valence-electron chi connectivity index (χ0n) is 13.9. The van der Waals surface area contributed by atoms with Crippen molar-refractivity contribution < 1.29 is 24.4 Å². The Kier molecular flexibility index (Phi) is 5.85. The average molecular weight is 333 g/mol. The van der Waals surface area contributed by atoms with Gasteiger partial charge in [-0.2, -0.15) is 0 Å². The van der Waals surface area contributed by atoms with Gasteiger partial charge >= 0.3 is 11.9 Å². The van der Waals surface area contributed by atoms with Crippen LogP contribution in [0.1, 0.15) is 53.4 Å². The van der Waals surface area contributed by atoms with Gasteiger partial charge in [0.2, 0.25) is 0 Å². The third kappa shape index (κ3) is 5.73. The van der Waals surface area contributed by atoms with Gasteiger partial charge < -0.3 is 20.1 Å². The van der Waals surface area contributed by atoms with E-state index in [0.717, 1.165) is 0 Å². The number of carbonyl (C=O) groups is 2. The number of nitrogens with one attached hydrogen (secondary N) is 1. The van der Waals surface area contributed by atoms with Crippen LogP contribution in [0.5, 0.6) is 0 Å². The van der Waals surface area contributed by atoms with Crippen molar-refractivity contribution in [2.75, 3.05) is 12.3 Å². The summed E-state index contributed by atoms with van der Waals surface area (Å²) in [7, 11) is -2.86. The molecule has 7 heteroatoms. The van der Waals surface area contributed by atoms with E-state index in [9.17, 15) is 14.2 Å². The summed E-state index contributed by atoms with van der Waals surface area (Å²) in [5.74, 6) is -1.97. The van der Waals surface area contributed by atoms with E-state index < -0.39 is 19.1 Å². The smallest absolute Gasteiger partial charge is 0.303 e. The molecule has 0 aromatic rings. The van der Waals surface area contributed by atoms with Crippen LogP contribution in [-0.2, 0) is 14.2 Å². The topological polar surface area (TPSA) is 104 Å². The van der Waals surface area contributed by atoms with Gasteiger partial charge in [-0.1, -0.05) is 0 Å². The molecule has 0 spiro atoms. The van der Waals surface area contributed by atoms with E-state index in [1.165, 1.54) is 0 Å². The Morgan fingerprint density at radius 1 is 1.00 bits per heavy atom. The fourth-order valence-electron chi connectivity index (χ4n) is 3.65. The first-order valence-electron chi connectivity index (χ1n) is 7.66. The lowest BCUT2D eigenvalue weighted by Crippen LogP contribution is -2.59. The quantitative estimate of drug-likeness (QED) is 0.619. The number of piperidine rings is 1. The van der Waals surface area contributed by atoms with Gasteiger partial charge in [-0.3, -0.25) is 9.59 Å². The van der Waals surface area contributed by atoms with E-state index in [2.05, 4.69) is 5.32 Å². The molecule has 0 aliphatic carbocycles. The summed E-state index contributed by atoms with van der Waals surface area (Å²) in [5.41, 5.74) is -0.527. The molecule has 0 unspecified atom stereocenters. The number of hydrogen-bond acceptors (Lipinski definition) is 4. The molecule has 1 fully saturated rings. The SMILES string of the molecule is CC1(C)CC(P(=O)(CCC(=O)O)CCC(=O)O)CC(C)(C)N1. The van der Waals surface area contributed by atoms with Gasteiger partial charge in [-0.15, -0.1) is 0 Å². The van der Waals surface area contributed by atoms with Gasteiger partial charge in [0.05, 0.1) is 20.0 Å². The van der Waals surface area contributed by atoms with Crippen LogP contribution in [0.3, 0.4) is 0 Å². The van der Waals surface area contributed by atoms with Crippen LogP contribution in [0, 0.1) is 0 Å². The summed E-state index contributed by atoms with van der Waals surface area (Å²) < 4.78 is 13.4. The second-order valence-corrected chi connectivity index (χ2v) is 11.2. The van der Waals surface area contributed by atoms with Crippen LogP contribution in [0.15, 0.2) is 0 Å². The molecule has 1 saturated heterocycles. The lowest BCUT2D eigenvalue weighted by molar-refractivity contribution is -0.137. The molecule has 0 aromatic carbocycles. The van der Waals surface area contributed by atoms with Gasteiger partial charge in [0.15, 0.2) is 0 Å². The summed E-state index contributed by atoms with van der Waals surface area (Å²) in [6.45, 7) is 8.17. The Labute approximate surface area is 132 Å². The third-order valence-corrected chi connectivity index (χ3v) is 7.90. The molecular formula is C15H28NO5P. The van der Waals surface area contributed by atoms with E-state index in [-0.39, 0.29) is 41.9 Å². The molecular weight excluding hydrogens is 305 g/mol. The summed E-state index contributed by atoms with van der Waals surface area (Å²) in [6, 6.07) is 0. The Bertz CT molecular complexity index is 448. The van der Waals surface area contributed by atoms with E-state index in [1.54, 1.807) is 0 Å². The zero-order valence-corrected chi connectivity index (χ0v) is 14.8. The Morgan fingerprint density at radius 2 is 1.36 bits per heavy atom. The van der Waals surface area contributed by atoms with E-state index >= 15 is 0 Å². The predicted molar refractivity (Wildman–Crippen MR) is 86.2 cm³/mol. The molecule has 3 N–H and O–H groups in total. The third-order valence-electron chi connectivity index (χ3n) is 4.24. The van der Waals surface area contributed by atoms with Gasteiger partial charge in [-0.05, 0) is 40.5 Å². The lowest BCUT2D eigenvalue weighted by atomic mass is 9.82. The molecule has 22 heavy (non-hydrogen) atoms. The molecule has 6 nitrogen and oxygen atoms in total. The van der Waals surface area contributed by atoms with Crippen molar-refractivity contribution in [2.45, 2.75) is 70.1 Å². The standard InChI is InChI=1S/C15H28NO5P/c1-14(2)9-11(10-15(3,4)16-14)22(21,7-5-12(17)18)8-6-13(19)20/h11,16H,5-10H2,1-4H3,(H,17,18)(H,19,20). The number of rotatable bonds is 7. The van der Waals surface area contributed by atoms with Gasteiger partial charge in [0, 0.05) is 29.1 Å². The van der Waals surface area contributed by atoms with E-state index in [1.807, 2.05) is 27.7 Å². The molecule has 128 valence electrons. The highest BCUT2D eigenvalue weighted by Gasteiger charge is 2.45. The molecule has 0 amide bonds. The summed E-state index contributed by atoms with van der Waals surface area (Å²) in [6.07, 6.45) is 1.20. The van der Waals surface area contributed by atoms with Crippen LogP contribution < -0.4 is 5.32 Å². The number of carboxylic acid groups (broad SMARTS) is 2. The van der Waals surface area contributed by atoms with E-state index in [4.69, 9.17) is 10.2 Å². The van der Waals surface area contributed by atoms with Crippen molar-refractivity contribution in [3.63, 3.8) is 0 Å². The summed E-state index contributed by atoms with van der Waals surface area (Å²) in [5, 5.41) is 21.3. The minimum atomic E-state index is -2.86. The highest BCUT2D eigenvalue weighted by atomic mass is 31.2. The Morgan fingerprint density at radius 3 is 1.68 bits per heavy atom. The van der Waals surface area contributed by atoms with Crippen LogP contribution in [0.2, 0.25) is 0 Å². The molecule has 0 atom stereocenters. The molecule has 0 radical (unpaired) electrons. The molecule has 1 heterocycles. The average Bonchev–Trinajstić information content (AvgIpc) is 2.30. The highest BCUT2D eigenvalue weighted by Crippen LogP contribution is 2.57. The van der Waals surface area contributed by atoms with Crippen molar-refractivity contribution in [2.24, 2.45) is 0 Å². The molecule has 0 saturated carbocycles. The van der Waals surface area contributed by atoms with Crippen molar-refractivity contribution in [3.05, 3.63) is 0 Å². The minimum absolute atomic E-state index is 0.0897.